The van der Waals surface area contributed by atoms with E-state index < -0.39 is 10.0 Å². The van der Waals surface area contributed by atoms with Gasteiger partial charge in [-0.1, -0.05) is 12.1 Å². The van der Waals surface area contributed by atoms with Gasteiger partial charge in [-0.25, -0.2) is 12.4 Å². The Labute approximate surface area is 94.1 Å². The predicted molar refractivity (Wildman–Crippen MR) is 60.0 cm³/mol. The molecule has 16 heavy (non-hydrogen) atoms. The number of methoxy groups -OCH3 is 1. The van der Waals surface area contributed by atoms with Gasteiger partial charge in [0.1, 0.15) is 10.6 Å². The number of ether oxygens (including phenoxy) is 1. The molecule has 0 saturated heterocycles. The molecule has 0 fully saturated rings. The second kappa shape index (κ2) is 4.02. The molecule has 1 aromatic carbocycles. The van der Waals surface area contributed by atoms with Gasteiger partial charge in [-0.15, -0.1) is 0 Å². The van der Waals surface area contributed by atoms with Crippen molar-refractivity contribution in [2.45, 2.75) is 4.90 Å². The fourth-order valence-corrected chi connectivity index (χ4v) is 2.77. The molecule has 2 aromatic rings. The molecule has 4 nitrogen and oxygen atoms in total. The fourth-order valence-electron chi connectivity index (χ4n) is 1.42. The standard InChI is InChI=1S/C11H11NO3S/c1-15-10-6-2-3-7-11(10)16(13,14)12-8-4-5-9-12/h2-9H,1H3. The Bertz CT molecular complexity index is 573. The SMILES string of the molecule is COc1ccccc1S(=O)(=O)n1cccc1. The van der Waals surface area contributed by atoms with Gasteiger partial charge in [0, 0.05) is 12.4 Å². The molecule has 0 aliphatic heterocycles. The minimum atomic E-state index is -3.55. The van der Waals surface area contributed by atoms with Gasteiger partial charge in [0.2, 0.25) is 0 Å². The quantitative estimate of drug-likeness (QED) is 0.816. The van der Waals surface area contributed by atoms with E-state index in [1.165, 1.54) is 25.6 Å². The van der Waals surface area contributed by atoms with E-state index in [2.05, 4.69) is 0 Å². The van der Waals surface area contributed by atoms with Gasteiger partial charge in [-0.05, 0) is 24.3 Å². The number of para-hydroxylation sites is 1. The van der Waals surface area contributed by atoms with Crippen molar-refractivity contribution in [2.75, 3.05) is 7.11 Å². The highest BCUT2D eigenvalue weighted by Crippen LogP contribution is 2.24. The van der Waals surface area contributed by atoms with Gasteiger partial charge in [-0.3, -0.25) is 0 Å². The van der Waals surface area contributed by atoms with Gasteiger partial charge in [-0.2, -0.15) is 0 Å². The molecular weight excluding hydrogens is 226 g/mol. The van der Waals surface area contributed by atoms with Crippen molar-refractivity contribution in [1.82, 2.24) is 3.97 Å². The summed E-state index contributed by atoms with van der Waals surface area (Å²) < 4.78 is 30.5. The van der Waals surface area contributed by atoms with E-state index in [4.69, 9.17) is 4.74 Å². The van der Waals surface area contributed by atoms with E-state index in [1.807, 2.05) is 0 Å². The molecule has 0 unspecified atom stereocenters. The van der Waals surface area contributed by atoms with Gasteiger partial charge in [0.15, 0.2) is 0 Å². The van der Waals surface area contributed by atoms with Gasteiger partial charge in [0.25, 0.3) is 10.0 Å². The zero-order chi connectivity index (χ0) is 11.6. The van der Waals surface area contributed by atoms with Crippen molar-refractivity contribution in [3.05, 3.63) is 48.8 Å². The maximum absolute atomic E-state index is 12.2. The Morgan fingerprint density at radius 1 is 1.06 bits per heavy atom. The van der Waals surface area contributed by atoms with Crippen LogP contribution in [0.25, 0.3) is 0 Å². The Balaban J connectivity index is 2.61. The van der Waals surface area contributed by atoms with E-state index in [0.717, 1.165) is 3.97 Å². The second-order valence-corrected chi connectivity index (χ2v) is 4.98. The summed E-state index contributed by atoms with van der Waals surface area (Å²) in [4.78, 5) is 0.161. The van der Waals surface area contributed by atoms with Crippen LogP contribution in [0.1, 0.15) is 0 Å². The molecule has 0 amide bonds. The van der Waals surface area contributed by atoms with Crippen molar-refractivity contribution < 1.29 is 13.2 Å². The molecule has 1 aromatic heterocycles. The van der Waals surface area contributed by atoms with Crippen LogP contribution in [-0.4, -0.2) is 19.5 Å². The first-order valence-corrected chi connectivity index (χ1v) is 6.12. The number of rotatable bonds is 3. The highest BCUT2D eigenvalue weighted by Gasteiger charge is 2.19. The van der Waals surface area contributed by atoms with Crippen molar-refractivity contribution in [1.29, 1.82) is 0 Å². The summed E-state index contributed by atoms with van der Waals surface area (Å²) >= 11 is 0. The first-order chi connectivity index (χ1) is 7.66. The van der Waals surface area contributed by atoms with E-state index in [9.17, 15) is 8.42 Å². The van der Waals surface area contributed by atoms with Gasteiger partial charge in [0.05, 0.1) is 7.11 Å². The summed E-state index contributed by atoms with van der Waals surface area (Å²) in [7, 11) is -2.10. The Hall–Kier alpha value is -1.75. The van der Waals surface area contributed by atoms with E-state index in [0.29, 0.717) is 5.75 Å². The molecule has 0 atom stereocenters. The minimum Gasteiger partial charge on any atom is -0.495 e. The first kappa shape index (κ1) is 10.8. The van der Waals surface area contributed by atoms with Crippen molar-refractivity contribution >= 4 is 10.0 Å². The Kier molecular flexibility index (Phi) is 2.70. The molecule has 1 heterocycles. The number of aromatic nitrogens is 1. The maximum Gasteiger partial charge on any atom is 0.271 e. The normalized spacial score (nSPS) is 11.3. The van der Waals surface area contributed by atoms with Crippen LogP contribution >= 0.6 is 0 Å². The lowest BCUT2D eigenvalue weighted by atomic mass is 10.3. The van der Waals surface area contributed by atoms with Crippen LogP contribution in [0, 0.1) is 0 Å². The number of hydrogen-bond donors (Lipinski definition) is 0. The summed E-state index contributed by atoms with van der Waals surface area (Å²) in [6.07, 6.45) is 2.98. The molecular formula is C11H11NO3S. The summed E-state index contributed by atoms with van der Waals surface area (Å²) in [6, 6.07) is 9.86. The number of nitrogens with zero attached hydrogens (tertiary/aromatic N) is 1. The average Bonchev–Trinajstić information content (AvgIpc) is 2.83. The summed E-state index contributed by atoms with van der Waals surface area (Å²) in [5, 5.41) is 0. The maximum atomic E-state index is 12.2. The lowest BCUT2D eigenvalue weighted by Crippen LogP contribution is -2.11. The van der Waals surface area contributed by atoms with Gasteiger partial charge < -0.3 is 4.74 Å². The van der Waals surface area contributed by atoms with E-state index >= 15 is 0 Å². The van der Waals surface area contributed by atoms with Crippen LogP contribution in [0.4, 0.5) is 0 Å². The summed E-state index contributed by atoms with van der Waals surface area (Å²) in [5.74, 6) is 0.344. The van der Waals surface area contributed by atoms with Crippen molar-refractivity contribution in [3.63, 3.8) is 0 Å². The zero-order valence-corrected chi connectivity index (χ0v) is 9.52. The molecule has 2 rings (SSSR count). The molecule has 0 saturated carbocycles. The van der Waals surface area contributed by atoms with Crippen molar-refractivity contribution in [3.8, 4) is 5.75 Å². The summed E-state index contributed by atoms with van der Waals surface area (Å²) in [6.45, 7) is 0. The average molecular weight is 237 g/mol. The van der Waals surface area contributed by atoms with Crippen molar-refractivity contribution in [2.24, 2.45) is 0 Å². The molecule has 5 heteroatoms. The van der Waals surface area contributed by atoms with E-state index in [1.54, 1.807) is 30.3 Å². The van der Waals surface area contributed by atoms with Crippen LogP contribution in [0.3, 0.4) is 0 Å². The lowest BCUT2D eigenvalue weighted by molar-refractivity contribution is 0.402. The van der Waals surface area contributed by atoms with E-state index in [-0.39, 0.29) is 4.90 Å². The molecule has 0 aliphatic carbocycles. The third kappa shape index (κ3) is 1.69. The van der Waals surface area contributed by atoms with Crippen LogP contribution in [0.15, 0.2) is 53.7 Å². The lowest BCUT2D eigenvalue weighted by Gasteiger charge is -2.09. The summed E-state index contributed by atoms with van der Waals surface area (Å²) in [5.41, 5.74) is 0. The number of benzene rings is 1. The largest absolute Gasteiger partial charge is 0.495 e. The van der Waals surface area contributed by atoms with Crippen LogP contribution < -0.4 is 4.74 Å². The Morgan fingerprint density at radius 3 is 2.31 bits per heavy atom. The molecule has 0 radical (unpaired) electrons. The third-order valence-electron chi connectivity index (χ3n) is 2.20. The predicted octanol–water partition coefficient (Wildman–Crippen LogP) is 1.73. The molecule has 84 valence electrons. The Morgan fingerprint density at radius 2 is 1.69 bits per heavy atom. The molecule has 0 N–H and O–H groups in total. The fraction of sp³-hybridized carbons (Fsp3) is 0.0909. The third-order valence-corrected chi connectivity index (χ3v) is 3.89. The highest BCUT2D eigenvalue weighted by molar-refractivity contribution is 7.90. The minimum absolute atomic E-state index is 0.161. The molecule has 0 bridgehead atoms. The monoisotopic (exact) mass is 237 g/mol. The highest BCUT2D eigenvalue weighted by atomic mass is 32.2. The van der Waals surface area contributed by atoms with Gasteiger partial charge >= 0.3 is 0 Å². The molecule has 0 spiro atoms. The van der Waals surface area contributed by atoms with Crippen LogP contribution in [-0.2, 0) is 10.0 Å². The topological polar surface area (TPSA) is 48.3 Å². The number of hydrogen-bond acceptors (Lipinski definition) is 3. The molecule has 0 aliphatic rings. The zero-order valence-electron chi connectivity index (χ0n) is 8.70. The van der Waals surface area contributed by atoms with Crippen LogP contribution in [0.5, 0.6) is 5.75 Å². The van der Waals surface area contributed by atoms with Crippen LogP contribution in [0.2, 0.25) is 0 Å². The first-order valence-electron chi connectivity index (χ1n) is 4.68. The second-order valence-electron chi connectivity index (χ2n) is 3.17. The smallest absolute Gasteiger partial charge is 0.271 e.